The minimum absolute atomic E-state index is 0.0399. The van der Waals surface area contributed by atoms with Crippen LogP contribution < -0.4 is 10.1 Å². The number of rotatable bonds is 4. The van der Waals surface area contributed by atoms with Crippen LogP contribution in [-0.4, -0.2) is 44.1 Å². The summed E-state index contributed by atoms with van der Waals surface area (Å²) in [5.74, 6) is 0.619. The Morgan fingerprint density at radius 1 is 1.09 bits per heavy atom. The Kier molecular flexibility index (Phi) is 4.11. The number of carbonyl (C=O) groups is 1. The summed E-state index contributed by atoms with van der Waals surface area (Å²) in [7, 11) is 3.50. The van der Waals surface area contributed by atoms with Gasteiger partial charge in [-0.15, -0.1) is 0 Å². The zero-order chi connectivity index (χ0) is 15.5. The maximum Gasteiger partial charge on any atom is 0.257 e. The fraction of sp³-hybridized carbons (Fsp3) is 0.278. The lowest BCUT2D eigenvalue weighted by molar-refractivity contribution is 0.0814. The van der Waals surface area contributed by atoms with E-state index in [9.17, 15) is 4.79 Å². The molecule has 2 aromatic rings. The van der Waals surface area contributed by atoms with Crippen LogP contribution in [0.1, 0.15) is 10.4 Å². The Balaban J connectivity index is 1.98. The molecule has 4 nitrogen and oxygen atoms in total. The van der Waals surface area contributed by atoms with Crippen LogP contribution in [0.4, 0.5) is 0 Å². The molecule has 0 aromatic heterocycles. The normalized spacial score (nSPS) is 14.3. The molecule has 3 rings (SSSR count). The Labute approximate surface area is 130 Å². The molecule has 0 atom stereocenters. The van der Waals surface area contributed by atoms with Gasteiger partial charge in [0.25, 0.3) is 5.91 Å². The highest BCUT2D eigenvalue weighted by molar-refractivity contribution is 5.97. The van der Waals surface area contributed by atoms with Crippen molar-refractivity contribution >= 4 is 5.91 Å². The van der Waals surface area contributed by atoms with Gasteiger partial charge in [-0.2, -0.15) is 0 Å². The summed E-state index contributed by atoms with van der Waals surface area (Å²) in [4.78, 5) is 13.9. The summed E-state index contributed by atoms with van der Waals surface area (Å²) >= 11 is 0. The van der Waals surface area contributed by atoms with Gasteiger partial charge in [0.1, 0.15) is 11.9 Å². The van der Waals surface area contributed by atoms with Gasteiger partial charge in [-0.25, -0.2) is 0 Å². The number of ether oxygens (including phenoxy) is 1. The standard InChI is InChI=1S/C18H20N2O2/c1-20(2)18(21)16-9-8-14(13-6-4-3-5-7-13)10-17(16)22-15-11-19-12-15/h3-10,15,19H,11-12H2,1-2H3. The topological polar surface area (TPSA) is 41.6 Å². The number of amides is 1. The van der Waals surface area contributed by atoms with Crippen molar-refractivity contribution in [2.45, 2.75) is 6.10 Å². The average molecular weight is 296 g/mol. The summed E-state index contributed by atoms with van der Waals surface area (Å²) in [6.07, 6.45) is 0.139. The first kappa shape index (κ1) is 14.6. The van der Waals surface area contributed by atoms with E-state index in [0.717, 1.165) is 24.2 Å². The van der Waals surface area contributed by atoms with E-state index < -0.39 is 0 Å². The van der Waals surface area contributed by atoms with Crippen molar-refractivity contribution in [1.29, 1.82) is 0 Å². The lowest BCUT2D eigenvalue weighted by atomic mass is 10.0. The van der Waals surface area contributed by atoms with Crippen molar-refractivity contribution in [3.05, 3.63) is 54.1 Å². The summed E-state index contributed by atoms with van der Waals surface area (Å²) in [6, 6.07) is 15.9. The smallest absolute Gasteiger partial charge is 0.257 e. The van der Waals surface area contributed by atoms with Crippen molar-refractivity contribution in [1.82, 2.24) is 10.2 Å². The zero-order valence-corrected chi connectivity index (χ0v) is 12.9. The molecule has 1 fully saturated rings. The number of nitrogens with zero attached hydrogens (tertiary/aromatic N) is 1. The van der Waals surface area contributed by atoms with Crippen molar-refractivity contribution < 1.29 is 9.53 Å². The van der Waals surface area contributed by atoms with Crippen LogP contribution in [0.15, 0.2) is 48.5 Å². The number of hydrogen-bond acceptors (Lipinski definition) is 3. The van der Waals surface area contributed by atoms with Crippen molar-refractivity contribution in [2.24, 2.45) is 0 Å². The molecule has 0 aliphatic carbocycles. The molecule has 1 aliphatic rings. The van der Waals surface area contributed by atoms with Gasteiger partial charge in [-0.3, -0.25) is 4.79 Å². The summed E-state index contributed by atoms with van der Waals surface area (Å²) < 4.78 is 6.00. The molecule has 4 heteroatoms. The largest absolute Gasteiger partial charge is 0.487 e. The Morgan fingerprint density at radius 2 is 1.82 bits per heavy atom. The van der Waals surface area contributed by atoms with Gasteiger partial charge in [-0.1, -0.05) is 36.4 Å². The predicted molar refractivity (Wildman–Crippen MR) is 87.2 cm³/mol. The quantitative estimate of drug-likeness (QED) is 0.942. The van der Waals surface area contributed by atoms with E-state index in [-0.39, 0.29) is 12.0 Å². The molecule has 0 radical (unpaired) electrons. The predicted octanol–water partition coefficient (Wildman–Crippen LogP) is 2.41. The molecule has 0 unspecified atom stereocenters. The molecule has 22 heavy (non-hydrogen) atoms. The lowest BCUT2D eigenvalue weighted by Gasteiger charge is -2.29. The third-order valence-electron chi connectivity index (χ3n) is 3.76. The fourth-order valence-electron chi connectivity index (χ4n) is 2.37. The average Bonchev–Trinajstić information content (AvgIpc) is 2.51. The van der Waals surface area contributed by atoms with Gasteiger partial charge < -0.3 is 15.0 Å². The minimum Gasteiger partial charge on any atom is -0.487 e. The fourth-order valence-corrected chi connectivity index (χ4v) is 2.37. The SMILES string of the molecule is CN(C)C(=O)c1ccc(-c2ccccc2)cc1OC1CNC1. The molecular formula is C18H20N2O2. The lowest BCUT2D eigenvalue weighted by Crippen LogP contribution is -2.50. The van der Waals surface area contributed by atoms with Gasteiger partial charge in [0, 0.05) is 27.2 Å². The number of nitrogens with one attached hydrogen (secondary N) is 1. The van der Waals surface area contributed by atoms with Crippen LogP contribution in [0.2, 0.25) is 0 Å². The third kappa shape index (κ3) is 2.97. The second-order valence-corrected chi connectivity index (χ2v) is 5.67. The number of benzene rings is 2. The highest BCUT2D eigenvalue weighted by atomic mass is 16.5. The van der Waals surface area contributed by atoms with Crippen LogP contribution in [-0.2, 0) is 0 Å². The van der Waals surface area contributed by atoms with Crippen LogP contribution in [0.5, 0.6) is 5.75 Å². The summed E-state index contributed by atoms with van der Waals surface area (Å²) in [6.45, 7) is 1.65. The Morgan fingerprint density at radius 3 is 2.41 bits per heavy atom. The van der Waals surface area contributed by atoms with Crippen molar-refractivity contribution in [3.63, 3.8) is 0 Å². The summed E-state index contributed by atoms with van der Waals surface area (Å²) in [5, 5.41) is 3.18. The third-order valence-corrected chi connectivity index (χ3v) is 3.76. The molecule has 0 saturated carbocycles. The minimum atomic E-state index is -0.0399. The molecule has 0 spiro atoms. The first-order chi connectivity index (χ1) is 10.6. The maximum absolute atomic E-state index is 12.3. The molecule has 1 saturated heterocycles. The van der Waals surface area contributed by atoms with Gasteiger partial charge in [0.15, 0.2) is 0 Å². The monoisotopic (exact) mass is 296 g/mol. The van der Waals surface area contributed by atoms with E-state index in [4.69, 9.17) is 4.74 Å². The second-order valence-electron chi connectivity index (χ2n) is 5.67. The van der Waals surface area contributed by atoms with Gasteiger partial charge in [0.05, 0.1) is 5.56 Å². The van der Waals surface area contributed by atoms with E-state index in [1.54, 1.807) is 19.0 Å². The zero-order valence-electron chi connectivity index (χ0n) is 12.9. The van der Waals surface area contributed by atoms with Crippen LogP contribution >= 0.6 is 0 Å². The molecule has 1 N–H and O–H groups in total. The first-order valence-electron chi connectivity index (χ1n) is 7.43. The molecule has 1 heterocycles. The summed E-state index contributed by atoms with van der Waals surface area (Å²) in [5.41, 5.74) is 2.78. The van der Waals surface area contributed by atoms with E-state index in [2.05, 4.69) is 17.4 Å². The van der Waals surface area contributed by atoms with E-state index >= 15 is 0 Å². The molecule has 1 amide bonds. The van der Waals surface area contributed by atoms with Gasteiger partial charge in [0.2, 0.25) is 0 Å². The highest BCUT2D eigenvalue weighted by Gasteiger charge is 2.22. The molecule has 0 bridgehead atoms. The van der Waals surface area contributed by atoms with E-state index in [1.165, 1.54) is 0 Å². The van der Waals surface area contributed by atoms with Gasteiger partial charge in [-0.05, 0) is 23.3 Å². The van der Waals surface area contributed by atoms with Crippen molar-refractivity contribution in [2.75, 3.05) is 27.2 Å². The second kappa shape index (κ2) is 6.20. The molecular weight excluding hydrogens is 276 g/mol. The molecule has 1 aliphatic heterocycles. The van der Waals surface area contributed by atoms with Crippen molar-refractivity contribution in [3.8, 4) is 16.9 Å². The first-order valence-corrected chi connectivity index (χ1v) is 7.43. The Hall–Kier alpha value is -2.33. The number of carbonyl (C=O) groups excluding carboxylic acids is 1. The number of hydrogen-bond donors (Lipinski definition) is 1. The van der Waals surface area contributed by atoms with Crippen LogP contribution in [0, 0.1) is 0 Å². The van der Waals surface area contributed by atoms with E-state index in [1.807, 2.05) is 36.4 Å². The van der Waals surface area contributed by atoms with E-state index in [0.29, 0.717) is 11.3 Å². The van der Waals surface area contributed by atoms with Crippen LogP contribution in [0.3, 0.4) is 0 Å². The van der Waals surface area contributed by atoms with Gasteiger partial charge >= 0.3 is 0 Å². The maximum atomic E-state index is 12.3. The van der Waals surface area contributed by atoms with Crippen LogP contribution in [0.25, 0.3) is 11.1 Å². The molecule has 114 valence electrons. The Bertz CT molecular complexity index is 664. The highest BCUT2D eigenvalue weighted by Crippen LogP contribution is 2.29. The molecule has 2 aromatic carbocycles.